The quantitative estimate of drug-likeness (QED) is 0.665. The summed E-state index contributed by atoms with van der Waals surface area (Å²) in [5.74, 6) is 0. The van der Waals surface area contributed by atoms with E-state index >= 15 is 0 Å². The zero-order valence-electron chi connectivity index (χ0n) is 7.51. The second-order valence-electron chi connectivity index (χ2n) is 3.46. The predicted octanol–water partition coefficient (Wildman–Crippen LogP) is 2.11. The van der Waals surface area contributed by atoms with Crippen LogP contribution in [-0.4, -0.2) is 6.04 Å². The first-order chi connectivity index (χ1) is 5.90. The maximum Gasteiger partial charge on any atom is 0.0210 e. The van der Waals surface area contributed by atoms with Crippen LogP contribution in [0.4, 0.5) is 0 Å². The summed E-state index contributed by atoms with van der Waals surface area (Å²) in [5.41, 5.74) is 3.00. The first-order valence-corrected chi connectivity index (χ1v) is 4.70. The first kappa shape index (κ1) is 7.81. The minimum Gasteiger partial charge on any atom is -0.310 e. The molecule has 1 aliphatic rings. The van der Waals surface area contributed by atoms with Gasteiger partial charge in [0.05, 0.1) is 0 Å². The van der Waals surface area contributed by atoms with Gasteiger partial charge in [-0.25, -0.2) is 0 Å². The minimum absolute atomic E-state index is 0.694. The predicted molar refractivity (Wildman–Crippen MR) is 51.1 cm³/mol. The van der Waals surface area contributed by atoms with Gasteiger partial charge in [0, 0.05) is 12.6 Å². The summed E-state index contributed by atoms with van der Waals surface area (Å²) in [6, 6.07) is 9.41. The molecule has 1 nitrogen and oxygen atoms in total. The van der Waals surface area contributed by atoms with Crippen LogP contribution in [0.15, 0.2) is 24.3 Å². The van der Waals surface area contributed by atoms with Gasteiger partial charge < -0.3 is 5.32 Å². The van der Waals surface area contributed by atoms with Gasteiger partial charge in [0.1, 0.15) is 0 Å². The third-order valence-corrected chi connectivity index (χ3v) is 2.66. The van der Waals surface area contributed by atoms with Gasteiger partial charge in [0.25, 0.3) is 0 Å². The van der Waals surface area contributed by atoms with Gasteiger partial charge >= 0.3 is 0 Å². The van der Waals surface area contributed by atoms with E-state index in [1.807, 2.05) is 0 Å². The Morgan fingerprint density at radius 1 is 1.33 bits per heavy atom. The van der Waals surface area contributed by atoms with Crippen LogP contribution in [0, 0.1) is 0 Å². The lowest BCUT2D eigenvalue weighted by atomic mass is 9.95. The summed E-state index contributed by atoms with van der Waals surface area (Å²) in [6.45, 7) is 3.29. The Bertz CT molecular complexity index is 267. The van der Waals surface area contributed by atoms with E-state index in [2.05, 4.69) is 36.5 Å². The Labute approximate surface area is 73.8 Å². The standard InChI is InChI=1S/C11H15N/c1-2-11-7-9-5-3-4-6-10(9)8-12-11/h3-6,11-12H,2,7-8H2,1H3/t11-/m0/s1. The third kappa shape index (κ3) is 1.37. The summed E-state index contributed by atoms with van der Waals surface area (Å²) in [6.07, 6.45) is 2.43. The second-order valence-corrected chi connectivity index (χ2v) is 3.46. The van der Waals surface area contributed by atoms with Crippen LogP contribution in [0.3, 0.4) is 0 Å². The molecule has 0 radical (unpaired) electrons. The van der Waals surface area contributed by atoms with E-state index in [0.29, 0.717) is 6.04 Å². The van der Waals surface area contributed by atoms with Crippen molar-refractivity contribution in [1.82, 2.24) is 5.32 Å². The summed E-state index contributed by atoms with van der Waals surface area (Å²) >= 11 is 0. The third-order valence-electron chi connectivity index (χ3n) is 2.66. The van der Waals surface area contributed by atoms with Crippen LogP contribution >= 0.6 is 0 Å². The smallest absolute Gasteiger partial charge is 0.0210 e. The Kier molecular flexibility index (Phi) is 2.13. The molecule has 0 saturated carbocycles. The summed E-state index contributed by atoms with van der Waals surface area (Å²) in [5, 5.41) is 3.52. The van der Waals surface area contributed by atoms with Gasteiger partial charge in [-0.1, -0.05) is 31.2 Å². The molecule has 1 heterocycles. The van der Waals surface area contributed by atoms with Gasteiger partial charge in [-0.2, -0.15) is 0 Å². The summed E-state index contributed by atoms with van der Waals surface area (Å²) in [7, 11) is 0. The molecule has 0 spiro atoms. The molecule has 64 valence electrons. The monoisotopic (exact) mass is 161 g/mol. The van der Waals surface area contributed by atoms with Gasteiger partial charge in [0.15, 0.2) is 0 Å². The Morgan fingerprint density at radius 2 is 2.08 bits per heavy atom. The Balaban J connectivity index is 2.23. The molecule has 1 heteroatoms. The van der Waals surface area contributed by atoms with Crippen molar-refractivity contribution >= 4 is 0 Å². The molecule has 0 unspecified atom stereocenters. The van der Waals surface area contributed by atoms with Gasteiger partial charge in [-0.05, 0) is 24.0 Å². The highest BCUT2D eigenvalue weighted by Crippen LogP contribution is 2.17. The van der Waals surface area contributed by atoms with Gasteiger partial charge in [-0.15, -0.1) is 0 Å². The largest absolute Gasteiger partial charge is 0.310 e. The average Bonchev–Trinajstić information content (AvgIpc) is 2.17. The molecule has 2 rings (SSSR count). The van der Waals surface area contributed by atoms with Crippen LogP contribution < -0.4 is 5.32 Å². The summed E-state index contributed by atoms with van der Waals surface area (Å²) < 4.78 is 0. The Hall–Kier alpha value is -0.820. The maximum atomic E-state index is 3.52. The molecule has 0 fully saturated rings. The van der Waals surface area contributed by atoms with E-state index in [4.69, 9.17) is 0 Å². The van der Waals surface area contributed by atoms with E-state index in [0.717, 1.165) is 6.54 Å². The highest BCUT2D eigenvalue weighted by Gasteiger charge is 2.14. The fourth-order valence-corrected chi connectivity index (χ4v) is 1.81. The lowest BCUT2D eigenvalue weighted by Gasteiger charge is -2.24. The Morgan fingerprint density at radius 3 is 2.83 bits per heavy atom. The highest BCUT2D eigenvalue weighted by molar-refractivity contribution is 5.29. The average molecular weight is 161 g/mol. The molecule has 1 atom stereocenters. The normalized spacial score (nSPS) is 21.9. The lowest BCUT2D eigenvalue weighted by molar-refractivity contribution is 0.468. The highest BCUT2D eigenvalue weighted by atomic mass is 14.9. The first-order valence-electron chi connectivity index (χ1n) is 4.70. The summed E-state index contributed by atoms with van der Waals surface area (Å²) in [4.78, 5) is 0. The molecule has 0 aliphatic carbocycles. The fourth-order valence-electron chi connectivity index (χ4n) is 1.81. The van der Waals surface area contributed by atoms with Gasteiger partial charge in [-0.3, -0.25) is 0 Å². The molecule has 0 aromatic heterocycles. The molecule has 1 N–H and O–H groups in total. The molecule has 0 saturated heterocycles. The molecule has 1 aliphatic heterocycles. The topological polar surface area (TPSA) is 12.0 Å². The van der Waals surface area contributed by atoms with E-state index in [1.54, 1.807) is 0 Å². The van der Waals surface area contributed by atoms with Crippen LogP contribution in [-0.2, 0) is 13.0 Å². The SMILES string of the molecule is CC[C@H]1Cc2ccccc2CN1. The molecular formula is C11H15N. The van der Waals surface area contributed by atoms with Crippen molar-refractivity contribution in [2.24, 2.45) is 0 Å². The van der Waals surface area contributed by atoms with Crippen molar-refractivity contribution in [3.8, 4) is 0 Å². The van der Waals surface area contributed by atoms with Crippen molar-refractivity contribution < 1.29 is 0 Å². The number of nitrogens with one attached hydrogen (secondary N) is 1. The number of hydrogen-bond acceptors (Lipinski definition) is 1. The van der Waals surface area contributed by atoms with Crippen LogP contribution in [0.1, 0.15) is 24.5 Å². The number of hydrogen-bond donors (Lipinski definition) is 1. The molecule has 0 bridgehead atoms. The van der Waals surface area contributed by atoms with Gasteiger partial charge in [0.2, 0.25) is 0 Å². The molecule has 1 aromatic carbocycles. The second kappa shape index (κ2) is 3.28. The number of benzene rings is 1. The fraction of sp³-hybridized carbons (Fsp3) is 0.455. The number of rotatable bonds is 1. The molecular weight excluding hydrogens is 146 g/mol. The van der Waals surface area contributed by atoms with Crippen molar-refractivity contribution in [1.29, 1.82) is 0 Å². The van der Waals surface area contributed by atoms with Crippen molar-refractivity contribution in [3.05, 3.63) is 35.4 Å². The lowest BCUT2D eigenvalue weighted by Crippen LogP contribution is -2.34. The van der Waals surface area contributed by atoms with Crippen LogP contribution in [0.5, 0.6) is 0 Å². The van der Waals surface area contributed by atoms with Crippen molar-refractivity contribution in [3.63, 3.8) is 0 Å². The molecule has 0 amide bonds. The van der Waals surface area contributed by atoms with E-state index in [1.165, 1.54) is 24.0 Å². The number of fused-ring (bicyclic) bond motifs is 1. The zero-order chi connectivity index (χ0) is 8.39. The molecule has 12 heavy (non-hydrogen) atoms. The minimum atomic E-state index is 0.694. The van der Waals surface area contributed by atoms with Crippen molar-refractivity contribution in [2.75, 3.05) is 0 Å². The van der Waals surface area contributed by atoms with Crippen LogP contribution in [0.2, 0.25) is 0 Å². The maximum absolute atomic E-state index is 3.52. The van der Waals surface area contributed by atoms with Crippen molar-refractivity contribution in [2.45, 2.75) is 32.4 Å². The van der Waals surface area contributed by atoms with E-state index in [9.17, 15) is 0 Å². The molecule has 1 aromatic rings. The van der Waals surface area contributed by atoms with E-state index < -0.39 is 0 Å². The zero-order valence-corrected chi connectivity index (χ0v) is 7.51. The van der Waals surface area contributed by atoms with Crippen LogP contribution in [0.25, 0.3) is 0 Å². The van der Waals surface area contributed by atoms with E-state index in [-0.39, 0.29) is 0 Å².